The molecule has 0 N–H and O–H groups in total. The molecule has 0 saturated heterocycles. The zero-order chi connectivity index (χ0) is 37.1. The molecular weight excluding hydrogens is 697 g/mol. The van der Waals surface area contributed by atoms with Gasteiger partial charge in [0.15, 0.2) is 5.82 Å². The van der Waals surface area contributed by atoms with E-state index < -0.39 is 5.41 Å². The van der Waals surface area contributed by atoms with Crippen LogP contribution in [-0.4, -0.2) is 9.97 Å². The predicted octanol–water partition coefficient (Wildman–Crippen LogP) is 13.6. The van der Waals surface area contributed by atoms with Gasteiger partial charge in [-0.05, 0) is 86.0 Å². The fraction of sp³-hybridized carbons (Fsp3) is 0.0189. The first-order chi connectivity index (χ1) is 27.7. The Morgan fingerprint density at radius 2 is 0.768 bits per heavy atom. The van der Waals surface area contributed by atoms with E-state index in [1.54, 1.807) is 0 Å². The van der Waals surface area contributed by atoms with Gasteiger partial charge in [0.05, 0.1) is 16.8 Å². The summed E-state index contributed by atoms with van der Waals surface area (Å²) in [6.07, 6.45) is 0. The lowest BCUT2D eigenvalue weighted by molar-refractivity contribution is 0.722. The first-order valence-corrected chi connectivity index (χ1v) is 19.9. The molecule has 11 rings (SSSR count). The molecule has 0 amide bonds. The average Bonchev–Trinajstić information content (AvgIpc) is 3.57. The van der Waals surface area contributed by atoms with Gasteiger partial charge in [-0.1, -0.05) is 188 Å². The SMILES string of the molecule is c1ccc(-c2cccc(-c3cc(-c4ccc5c(c4)Sc4ccccc4C54c5ccccc5-c5ccccc54)nc(-c4cccc(-c5ccccc5)c4)n3)c2)cc1. The molecule has 0 atom stereocenters. The number of hydrogen-bond acceptors (Lipinski definition) is 3. The maximum Gasteiger partial charge on any atom is 0.160 e. The lowest BCUT2D eigenvalue weighted by Crippen LogP contribution is -2.31. The Kier molecular flexibility index (Phi) is 7.68. The summed E-state index contributed by atoms with van der Waals surface area (Å²) < 4.78 is 0. The fourth-order valence-electron chi connectivity index (χ4n) is 8.85. The Morgan fingerprint density at radius 1 is 0.304 bits per heavy atom. The van der Waals surface area contributed by atoms with E-state index >= 15 is 0 Å². The van der Waals surface area contributed by atoms with Crippen LogP contribution in [0.4, 0.5) is 0 Å². The number of rotatable bonds is 5. The molecule has 0 unspecified atom stereocenters. The largest absolute Gasteiger partial charge is 0.228 e. The molecule has 0 bridgehead atoms. The van der Waals surface area contributed by atoms with E-state index in [1.807, 2.05) is 11.8 Å². The Bertz CT molecular complexity index is 2800. The maximum atomic E-state index is 5.35. The molecule has 2 heterocycles. The smallest absolute Gasteiger partial charge is 0.160 e. The van der Waals surface area contributed by atoms with Crippen LogP contribution in [0.25, 0.3) is 67.3 Å². The van der Waals surface area contributed by atoms with Crippen molar-refractivity contribution >= 4 is 11.8 Å². The topological polar surface area (TPSA) is 25.8 Å². The third kappa shape index (κ3) is 5.20. The first-order valence-electron chi connectivity index (χ1n) is 19.1. The van der Waals surface area contributed by atoms with Gasteiger partial charge in [0.2, 0.25) is 0 Å². The third-order valence-electron chi connectivity index (χ3n) is 11.4. The highest BCUT2D eigenvalue weighted by Gasteiger charge is 2.50. The molecule has 262 valence electrons. The highest BCUT2D eigenvalue weighted by Crippen LogP contribution is 2.62. The molecule has 0 saturated carbocycles. The molecule has 1 aliphatic carbocycles. The van der Waals surface area contributed by atoms with Crippen molar-refractivity contribution < 1.29 is 0 Å². The van der Waals surface area contributed by atoms with Gasteiger partial charge in [-0.15, -0.1) is 0 Å². The second-order valence-electron chi connectivity index (χ2n) is 14.5. The van der Waals surface area contributed by atoms with Gasteiger partial charge < -0.3 is 0 Å². The predicted molar refractivity (Wildman–Crippen MR) is 231 cm³/mol. The number of benzene rings is 8. The summed E-state index contributed by atoms with van der Waals surface area (Å²) in [6, 6.07) is 74.4. The summed E-state index contributed by atoms with van der Waals surface area (Å²) in [5.41, 5.74) is 17.0. The molecule has 1 aliphatic heterocycles. The molecule has 8 aromatic carbocycles. The van der Waals surface area contributed by atoms with Gasteiger partial charge in [-0.2, -0.15) is 0 Å². The Labute approximate surface area is 331 Å². The minimum absolute atomic E-state index is 0.416. The van der Waals surface area contributed by atoms with Crippen LogP contribution >= 0.6 is 11.8 Å². The number of fused-ring (bicyclic) bond motifs is 9. The van der Waals surface area contributed by atoms with Crippen molar-refractivity contribution in [3.63, 3.8) is 0 Å². The highest BCUT2D eigenvalue weighted by atomic mass is 32.2. The van der Waals surface area contributed by atoms with E-state index in [0.29, 0.717) is 5.82 Å². The normalized spacial score (nSPS) is 13.1. The van der Waals surface area contributed by atoms with E-state index in [-0.39, 0.29) is 0 Å². The molecule has 0 fully saturated rings. The summed E-state index contributed by atoms with van der Waals surface area (Å²) in [5, 5.41) is 0. The molecule has 0 radical (unpaired) electrons. The highest BCUT2D eigenvalue weighted by molar-refractivity contribution is 7.99. The van der Waals surface area contributed by atoms with Crippen molar-refractivity contribution in [2.24, 2.45) is 0 Å². The van der Waals surface area contributed by atoms with Crippen LogP contribution in [0.3, 0.4) is 0 Å². The minimum Gasteiger partial charge on any atom is -0.228 e. The Hall–Kier alpha value is -6.81. The number of aromatic nitrogens is 2. The molecule has 1 spiro atoms. The van der Waals surface area contributed by atoms with Crippen LogP contribution in [0, 0.1) is 0 Å². The fourth-order valence-corrected chi connectivity index (χ4v) is 10.1. The van der Waals surface area contributed by atoms with Crippen molar-refractivity contribution in [3.8, 4) is 67.3 Å². The second kappa shape index (κ2) is 13.2. The van der Waals surface area contributed by atoms with Crippen molar-refractivity contribution in [3.05, 3.63) is 229 Å². The Balaban J connectivity index is 1.11. The molecule has 2 nitrogen and oxygen atoms in total. The zero-order valence-corrected chi connectivity index (χ0v) is 31.2. The monoisotopic (exact) mass is 730 g/mol. The minimum atomic E-state index is -0.416. The summed E-state index contributed by atoms with van der Waals surface area (Å²) in [7, 11) is 0. The molecule has 2 aliphatic rings. The maximum absolute atomic E-state index is 5.35. The van der Waals surface area contributed by atoms with Gasteiger partial charge >= 0.3 is 0 Å². The molecular formula is C53H34N2S. The summed E-state index contributed by atoms with van der Waals surface area (Å²) >= 11 is 1.86. The second-order valence-corrected chi connectivity index (χ2v) is 15.6. The van der Waals surface area contributed by atoms with Crippen molar-refractivity contribution in [2.45, 2.75) is 15.2 Å². The molecule has 1 aromatic heterocycles. The van der Waals surface area contributed by atoms with E-state index in [0.717, 1.165) is 44.8 Å². The van der Waals surface area contributed by atoms with Crippen molar-refractivity contribution in [1.82, 2.24) is 9.97 Å². The Morgan fingerprint density at radius 3 is 1.41 bits per heavy atom. The van der Waals surface area contributed by atoms with Gasteiger partial charge in [0, 0.05) is 26.5 Å². The van der Waals surface area contributed by atoms with Crippen LogP contribution in [0.2, 0.25) is 0 Å². The van der Waals surface area contributed by atoms with Gasteiger partial charge in [0.1, 0.15) is 0 Å². The van der Waals surface area contributed by atoms with Gasteiger partial charge in [0.25, 0.3) is 0 Å². The molecule has 56 heavy (non-hydrogen) atoms. The average molecular weight is 731 g/mol. The lowest BCUT2D eigenvalue weighted by atomic mass is 9.67. The summed E-state index contributed by atoms with van der Waals surface area (Å²) in [5.74, 6) is 0.700. The van der Waals surface area contributed by atoms with Crippen molar-refractivity contribution in [1.29, 1.82) is 0 Å². The zero-order valence-electron chi connectivity index (χ0n) is 30.4. The van der Waals surface area contributed by atoms with Crippen LogP contribution in [0.1, 0.15) is 22.3 Å². The standard InChI is InChI=1S/C53H34N2S/c1-3-15-35(16-4-1)37-19-13-21-39(31-37)48-34-49(55-52(54-48)41-22-14-20-38(32-41)36-17-5-2-6-18-36)40-29-30-47-51(33-40)56-50-28-12-11-27-46(50)53(47)44-25-9-7-23-42(44)43-24-8-10-26-45(43)53/h1-34H. The number of hydrogen-bond donors (Lipinski definition) is 0. The van der Waals surface area contributed by atoms with Crippen LogP contribution in [0.15, 0.2) is 216 Å². The van der Waals surface area contributed by atoms with Crippen molar-refractivity contribution in [2.75, 3.05) is 0 Å². The lowest BCUT2D eigenvalue weighted by Gasteiger charge is -2.39. The third-order valence-corrected chi connectivity index (χ3v) is 12.5. The number of nitrogens with zero attached hydrogens (tertiary/aromatic N) is 2. The van der Waals surface area contributed by atoms with E-state index in [2.05, 4.69) is 206 Å². The van der Waals surface area contributed by atoms with Gasteiger partial charge in [-0.25, -0.2) is 9.97 Å². The first kappa shape index (κ1) is 32.6. The quantitative estimate of drug-likeness (QED) is 0.176. The summed E-state index contributed by atoms with van der Waals surface area (Å²) in [4.78, 5) is 13.1. The molecule has 3 heteroatoms. The van der Waals surface area contributed by atoms with Gasteiger partial charge in [-0.3, -0.25) is 0 Å². The summed E-state index contributed by atoms with van der Waals surface area (Å²) in [6.45, 7) is 0. The van der Waals surface area contributed by atoms with E-state index in [4.69, 9.17) is 9.97 Å². The van der Waals surface area contributed by atoms with E-state index in [1.165, 1.54) is 48.7 Å². The van der Waals surface area contributed by atoms with Crippen LogP contribution in [-0.2, 0) is 5.41 Å². The van der Waals surface area contributed by atoms with Crippen LogP contribution in [0.5, 0.6) is 0 Å². The van der Waals surface area contributed by atoms with E-state index in [9.17, 15) is 0 Å². The van der Waals surface area contributed by atoms with Crippen LogP contribution < -0.4 is 0 Å². The molecule has 9 aromatic rings.